The van der Waals surface area contributed by atoms with Gasteiger partial charge in [0.2, 0.25) is 0 Å². The van der Waals surface area contributed by atoms with E-state index in [2.05, 4.69) is 0 Å². The Morgan fingerprint density at radius 3 is 2.55 bits per heavy atom. The van der Waals surface area contributed by atoms with Crippen LogP contribution in [0.2, 0.25) is 0 Å². The summed E-state index contributed by atoms with van der Waals surface area (Å²) in [7, 11) is -2.07. The highest BCUT2D eigenvalue weighted by Crippen LogP contribution is 2.32. The van der Waals surface area contributed by atoms with E-state index in [0.717, 1.165) is 5.56 Å². The van der Waals surface area contributed by atoms with Crippen LogP contribution in [0.4, 0.5) is 0 Å². The van der Waals surface area contributed by atoms with Crippen LogP contribution in [-0.4, -0.2) is 54.8 Å². The molecule has 1 aliphatic heterocycles. The van der Waals surface area contributed by atoms with Gasteiger partial charge < -0.3 is 5.11 Å². The van der Waals surface area contributed by atoms with Crippen molar-refractivity contribution < 1.29 is 18.3 Å². The molecule has 1 atom stereocenters. The molecule has 0 spiro atoms. The molecular weight excluding hydrogens is 304 g/mol. The van der Waals surface area contributed by atoms with Crippen molar-refractivity contribution in [3.05, 3.63) is 35.9 Å². The summed E-state index contributed by atoms with van der Waals surface area (Å²) in [5.41, 5.74) is 0.0780. The average molecular weight is 326 g/mol. The summed E-state index contributed by atoms with van der Waals surface area (Å²) in [6.07, 6.45) is 0.967. The number of hydrogen-bond donors (Lipinski definition) is 1. The fraction of sp³-hybridized carbons (Fsp3) is 0.533. The Morgan fingerprint density at radius 1 is 1.36 bits per heavy atom. The molecule has 0 aromatic heterocycles. The zero-order valence-electron chi connectivity index (χ0n) is 12.9. The highest BCUT2D eigenvalue weighted by atomic mass is 32.2. The van der Waals surface area contributed by atoms with E-state index in [1.165, 1.54) is 15.7 Å². The molecule has 1 heterocycles. The minimum absolute atomic E-state index is 0.0281. The van der Waals surface area contributed by atoms with E-state index < -0.39 is 21.6 Å². The second-order valence-corrected chi connectivity index (χ2v) is 8.05. The summed E-state index contributed by atoms with van der Waals surface area (Å²) < 4.78 is 27.6. The van der Waals surface area contributed by atoms with Crippen molar-refractivity contribution in [2.24, 2.45) is 5.41 Å². The summed E-state index contributed by atoms with van der Waals surface area (Å²) >= 11 is 0. The zero-order chi connectivity index (χ0) is 16.4. The molecular formula is C15H22N2O4S. The summed E-state index contributed by atoms with van der Waals surface area (Å²) in [4.78, 5) is 11.2. The molecule has 6 nitrogen and oxygen atoms in total. The van der Waals surface area contributed by atoms with Crippen molar-refractivity contribution in [1.82, 2.24) is 8.61 Å². The van der Waals surface area contributed by atoms with E-state index >= 15 is 0 Å². The van der Waals surface area contributed by atoms with Crippen LogP contribution in [0, 0.1) is 5.41 Å². The van der Waals surface area contributed by atoms with E-state index in [1.807, 2.05) is 30.3 Å². The van der Waals surface area contributed by atoms with E-state index in [-0.39, 0.29) is 13.1 Å². The minimum Gasteiger partial charge on any atom is -0.481 e. The Labute approximate surface area is 131 Å². The maximum absolute atomic E-state index is 12.5. The van der Waals surface area contributed by atoms with Crippen molar-refractivity contribution in [3.63, 3.8) is 0 Å². The van der Waals surface area contributed by atoms with Crippen molar-refractivity contribution >= 4 is 16.2 Å². The lowest BCUT2D eigenvalue weighted by Crippen LogP contribution is -2.43. The van der Waals surface area contributed by atoms with E-state index in [9.17, 15) is 18.3 Å². The van der Waals surface area contributed by atoms with Crippen molar-refractivity contribution in [1.29, 1.82) is 0 Å². The van der Waals surface area contributed by atoms with Crippen LogP contribution >= 0.6 is 0 Å². The number of carbonyl (C=O) groups is 1. The number of rotatable bonds is 6. The first-order valence-corrected chi connectivity index (χ1v) is 8.64. The molecule has 1 aromatic carbocycles. The molecule has 0 bridgehead atoms. The van der Waals surface area contributed by atoms with Crippen LogP contribution in [-0.2, 0) is 21.4 Å². The van der Waals surface area contributed by atoms with Crippen LogP contribution in [0.25, 0.3) is 0 Å². The minimum atomic E-state index is -3.61. The number of aliphatic carboxylic acids is 1. The van der Waals surface area contributed by atoms with Crippen molar-refractivity contribution in [2.45, 2.75) is 19.8 Å². The Bertz CT molecular complexity index is 632. The first-order valence-electron chi connectivity index (χ1n) is 7.24. The molecule has 0 amide bonds. The quantitative estimate of drug-likeness (QED) is 0.852. The molecule has 1 aromatic rings. The largest absolute Gasteiger partial charge is 0.481 e. The first-order chi connectivity index (χ1) is 10.3. The van der Waals surface area contributed by atoms with Crippen LogP contribution in [0.5, 0.6) is 0 Å². The van der Waals surface area contributed by atoms with Gasteiger partial charge in [0.25, 0.3) is 10.2 Å². The Kier molecular flexibility index (Phi) is 4.89. The second kappa shape index (κ2) is 6.36. The van der Waals surface area contributed by atoms with Gasteiger partial charge in [0, 0.05) is 26.7 Å². The molecule has 1 N–H and O–H groups in total. The normalized spacial score (nSPS) is 23.0. The van der Waals surface area contributed by atoms with E-state index in [0.29, 0.717) is 19.4 Å². The number of carboxylic acids is 1. The molecule has 1 fully saturated rings. The maximum atomic E-state index is 12.5. The fourth-order valence-corrected chi connectivity index (χ4v) is 4.02. The predicted octanol–water partition coefficient (Wildman–Crippen LogP) is 1.20. The van der Waals surface area contributed by atoms with Gasteiger partial charge in [0.05, 0.1) is 5.41 Å². The number of likely N-dealkylation sites (N-methyl/N-ethyl adjacent to an activating group) is 1. The van der Waals surface area contributed by atoms with Crippen molar-refractivity contribution in [2.75, 3.05) is 26.7 Å². The molecule has 7 heteroatoms. The molecule has 2 rings (SSSR count). The predicted molar refractivity (Wildman–Crippen MR) is 83.6 cm³/mol. The lowest BCUT2D eigenvalue weighted by atomic mass is 9.90. The number of carboxylic acid groups (broad SMARTS) is 1. The fourth-order valence-electron chi connectivity index (χ4n) is 2.53. The SMILES string of the molecule is CN(CCc1ccccc1)S(=O)(=O)N1CCC(C)(C(=O)O)C1. The second-order valence-electron chi connectivity index (χ2n) is 6.01. The lowest BCUT2D eigenvalue weighted by Gasteiger charge is -2.25. The van der Waals surface area contributed by atoms with Gasteiger partial charge in [-0.05, 0) is 25.3 Å². The van der Waals surface area contributed by atoms with Gasteiger partial charge >= 0.3 is 5.97 Å². The van der Waals surface area contributed by atoms with Gasteiger partial charge in [-0.25, -0.2) is 0 Å². The third-order valence-corrected chi connectivity index (χ3v) is 6.17. The molecule has 1 aliphatic rings. The summed E-state index contributed by atoms with van der Waals surface area (Å²) in [6.45, 7) is 2.24. The van der Waals surface area contributed by atoms with Gasteiger partial charge in [-0.2, -0.15) is 17.0 Å². The third-order valence-electron chi connectivity index (χ3n) is 4.23. The Hall–Kier alpha value is -1.44. The van der Waals surface area contributed by atoms with Crippen LogP contribution < -0.4 is 0 Å². The molecule has 1 saturated heterocycles. The van der Waals surface area contributed by atoms with E-state index in [1.54, 1.807) is 6.92 Å². The van der Waals surface area contributed by atoms with Crippen molar-refractivity contribution in [3.8, 4) is 0 Å². The first kappa shape index (κ1) is 16.9. The maximum Gasteiger partial charge on any atom is 0.310 e. The van der Waals surface area contributed by atoms with Crippen LogP contribution in [0.1, 0.15) is 18.9 Å². The van der Waals surface area contributed by atoms with Gasteiger partial charge in [-0.3, -0.25) is 4.79 Å². The molecule has 0 saturated carbocycles. The van der Waals surface area contributed by atoms with Crippen LogP contribution in [0.15, 0.2) is 30.3 Å². The molecule has 22 heavy (non-hydrogen) atoms. The summed E-state index contributed by atoms with van der Waals surface area (Å²) in [5.74, 6) is -0.947. The molecule has 0 radical (unpaired) electrons. The molecule has 122 valence electrons. The lowest BCUT2D eigenvalue weighted by molar-refractivity contribution is -0.146. The Balaban J connectivity index is 2.00. The third kappa shape index (κ3) is 3.48. The van der Waals surface area contributed by atoms with Gasteiger partial charge in [-0.1, -0.05) is 30.3 Å². The van der Waals surface area contributed by atoms with Crippen LogP contribution in [0.3, 0.4) is 0 Å². The van der Waals surface area contributed by atoms with Gasteiger partial charge in [0.15, 0.2) is 0 Å². The average Bonchev–Trinajstić information content (AvgIpc) is 2.90. The highest BCUT2D eigenvalue weighted by molar-refractivity contribution is 7.86. The number of benzene rings is 1. The smallest absolute Gasteiger partial charge is 0.310 e. The highest BCUT2D eigenvalue weighted by Gasteiger charge is 2.45. The summed E-state index contributed by atoms with van der Waals surface area (Å²) in [5, 5.41) is 9.21. The number of nitrogens with zero attached hydrogens (tertiary/aromatic N) is 2. The van der Waals surface area contributed by atoms with Gasteiger partial charge in [-0.15, -0.1) is 0 Å². The van der Waals surface area contributed by atoms with Gasteiger partial charge in [0.1, 0.15) is 0 Å². The number of hydrogen-bond acceptors (Lipinski definition) is 3. The monoisotopic (exact) mass is 326 g/mol. The molecule has 1 unspecified atom stereocenters. The Morgan fingerprint density at radius 2 is 2.00 bits per heavy atom. The van der Waals surface area contributed by atoms with E-state index in [4.69, 9.17) is 0 Å². The standard InChI is InChI=1S/C15H22N2O4S/c1-15(14(18)19)9-11-17(12-15)22(20,21)16(2)10-8-13-6-4-3-5-7-13/h3-7H,8-12H2,1-2H3,(H,18,19). The zero-order valence-corrected chi connectivity index (χ0v) is 13.7. The topological polar surface area (TPSA) is 77.9 Å². The summed E-state index contributed by atoms with van der Waals surface area (Å²) in [6, 6.07) is 9.67. The molecule has 0 aliphatic carbocycles.